The number of aryl methyl sites for hydroxylation is 3. The molecule has 1 saturated heterocycles. The van der Waals surface area contributed by atoms with Gasteiger partial charge >= 0.3 is 0 Å². The van der Waals surface area contributed by atoms with Crippen molar-refractivity contribution in [2.45, 2.75) is 57.9 Å². The van der Waals surface area contributed by atoms with E-state index in [1.807, 2.05) is 30.0 Å². The van der Waals surface area contributed by atoms with Gasteiger partial charge in [-0.15, -0.1) is 0 Å². The predicted molar refractivity (Wildman–Crippen MR) is 131 cm³/mol. The number of methoxy groups -OCH3 is 1. The predicted octanol–water partition coefficient (Wildman–Crippen LogP) is 5.99. The number of nitrogens with zero attached hydrogens (tertiary/aromatic N) is 2. The minimum absolute atomic E-state index is 0.101. The second-order valence-electron chi connectivity index (χ2n) is 9.31. The molecule has 0 bridgehead atoms. The van der Waals surface area contributed by atoms with Crippen LogP contribution in [0.1, 0.15) is 54.8 Å². The van der Waals surface area contributed by atoms with E-state index in [2.05, 4.69) is 16.7 Å². The first kappa shape index (κ1) is 24.4. The molecule has 1 aliphatic rings. The molecule has 1 fully saturated rings. The van der Waals surface area contributed by atoms with Crippen molar-refractivity contribution in [1.82, 2.24) is 9.47 Å². The zero-order chi connectivity index (χ0) is 24.1. The second kappa shape index (κ2) is 11.1. The molecule has 0 saturated carbocycles. The summed E-state index contributed by atoms with van der Waals surface area (Å²) in [7, 11) is 1.65. The number of benzene rings is 2. The standard InChI is InChI=1S/C28H34F2N2O2/c1-20-27-24(30)17-23(29)18-25(27)32(15-8-16-34-2)28(20)22-12-7-14-31(19-22)26(33)13-6-11-21-9-4-3-5-10-21/h3-5,9-10,17-18,22H,6-8,11-16,19H2,1-2H3. The molecule has 3 aromatic rings. The van der Waals surface area contributed by atoms with E-state index in [0.29, 0.717) is 37.0 Å². The number of ether oxygens (including phenoxy) is 1. The molecule has 1 amide bonds. The van der Waals surface area contributed by atoms with Gasteiger partial charge in [0, 0.05) is 62.8 Å². The summed E-state index contributed by atoms with van der Waals surface area (Å²) in [5.41, 5.74) is 3.72. The Morgan fingerprint density at radius 2 is 1.94 bits per heavy atom. The molecule has 2 aromatic carbocycles. The van der Waals surface area contributed by atoms with Crippen molar-refractivity contribution in [3.05, 3.63) is 70.9 Å². The van der Waals surface area contributed by atoms with Crippen molar-refractivity contribution in [3.8, 4) is 0 Å². The molecule has 1 atom stereocenters. The number of halogens is 2. The Morgan fingerprint density at radius 1 is 1.15 bits per heavy atom. The van der Waals surface area contributed by atoms with Crippen LogP contribution < -0.4 is 0 Å². The summed E-state index contributed by atoms with van der Waals surface area (Å²) < 4.78 is 36.2. The van der Waals surface area contributed by atoms with Gasteiger partial charge in [0.2, 0.25) is 5.91 Å². The molecule has 1 aromatic heterocycles. The summed E-state index contributed by atoms with van der Waals surface area (Å²) in [6.07, 6.45) is 4.83. The number of likely N-dealkylation sites (tertiary alicyclic amines) is 1. The Kier molecular flexibility index (Phi) is 7.99. The van der Waals surface area contributed by atoms with Crippen molar-refractivity contribution in [1.29, 1.82) is 0 Å². The molecular formula is C28H34F2N2O2. The third-order valence-corrected chi connectivity index (χ3v) is 6.96. The van der Waals surface area contributed by atoms with E-state index < -0.39 is 11.6 Å². The lowest BCUT2D eigenvalue weighted by Gasteiger charge is -2.34. The molecule has 4 rings (SSSR count). The van der Waals surface area contributed by atoms with Gasteiger partial charge in [-0.2, -0.15) is 0 Å². The summed E-state index contributed by atoms with van der Waals surface area (Å²) in [6, 6.07) is 12.6. The Labute approximate surface area is 200 Å². The number of hydrogen-bond donors (Lipinski definition) is 0. The maximum Gasteiger partial charge on any atom is 0.222 e. The lowest BCUT2D eigenvalue weighted by molar-refractivity contribution is -0.132. The molecule has 1 unspecified atom stereocenters. The van der Waals surface area contributed by atoms with Crippen molar-refractivity contribution in [2.75, 3.05) is 26.8 Å². The van der Waals surface area contributed by atoms with Crippen LogP contribution in [0.3, 0.4) is 0 Å². The molecule has 0 aliphatic carbocycles. The van der Waals surface area contributed by atoms with Crippen LogP contribution in [0.4, 0.5) is 8.78 Å². The molecule has 0 N–H and O–H groups in total. The maximum absolute atomic E-state index is 14.8. The van der Waals surface area contributed by atoms with E-state index >= 15 is 0 Å². The second-order valence-corrected chi connectivity index (χ2v) is 9.31. The highest BCUT2D eigenvalue weighted by atomic mass is 19.1. The number of aromatic nitrogens is 1. The summed E-state index contributed by atoms with van der Waals surface area (Å²) in [4.78, 5) is 15.0. The highest BCUT2D eigenvalue weighted by Gasteiger charge is 2.30. The molecule has 2 heterocycles. The Morgan fingerprint density at radius 3 is 2.71 bits per heavy atom. The van der Waals surface area contributed by atoms with Crippen molar-refractivity contribution >= 4 is 16.8 Å². The van der Waals surface area contributed by atoms with Crippen LogP contribution in [0.5, 0.6) is 0 Å². The maximum atomic E-state index is 14.8. The Bertz CT molecular complexity index is 1130. The van der Waals surface area contributed by atoms with Gasteiger partial charge in [0.15, 0.2) is 0 Å². The quantitative estimate of drug-likeness (QED) is 0.361. The molecule has 0 spiro atoms. The fourth-order valence-electron chi connectivity index (χ4n) is 5.41. The van der Waals surface area contributed by atoms with E-state index in [4.69, 9.17) is 4.74 Å². The van der Waals surface area contributed by atoms with Gasteiger partial charge in [-0.1, -0.05) is 30.3 Å². The zero-order valence-corrected chi connectivity index (χ0v) is 20.2. The summed E-state index contributed by atoms with van der Waals surface area (Å²) in [5, 5.41) is 0.486. The van der Waals surface area contributed by atoms with Crippen molar-refractivity contribution < 1.29 is 18.3 Å². The number of fused-ring (bicyclic) bond motifs is 1. The fourth-order valence-corrected chi connectivity index (χ4v) is 5.41. The first-order chi connectivity index (χ1) is 16.5. The number of carbonyl (C=O) groups excluding carboxylic acids is 1. The van der Waals surface area contributed by atoms with E-state index in [0.717, 1.165) is 56.0 Å². The van der Waals surface area contributed by atoms with E-state index in [1.165, 1.54) is 11.6 Å². The molecule has 1 aliphatic heterocycles. The highest BCUT2D eigenvalue weighted by Crippen LogP contribution is 2.37. The van der Waals surface area contributed by atoms with Gasteiger partial charge in [-0.05, 0) is 56.2 Å². The first-order valence-corrected chi connectivity index (χ1v) is 12.3. The summed E-state index contributed by atoms with van der Waals surface area (Å²) >= 11 is 0. The largest absolute Gasteiger partial charge is 0.385 e. The van der Waals surface area contributed by atoms with Crippen LogP contribution in [0.15, 0.2) is 42.5 Å². The van der Waals surface area contributed by atoms with Crippen molar-refractivity contribution in [3.63, 3.8) is 0 Å². The fraction of sp³-hybridized carbons (Fsp3) is 0.464. The van der Waals surface area contributed by atoms with Gasteiger partial charge in [0.1, 0.15) is 11.6 Å². The minimum Gasteiger partial charge on any atom is -0.385 e. The van der Waals surface area contributed by atoms with Crippen LogP contribution in [0.25, 0.3) is 10.9 Å². The number of carbonyl (C=O) groups is 1. The van der Waals surface area contributed by atoms with Gasteiger partial charge in [0.25, 0.3) is 0 Å². The third-order valence-electron chi connectivity index (χ3n) is 6.96. The van der Waals surface area contributed by atoms with E-state index in [-0.39, 0.29) is 11.8 Å². The monoisotopic (exact) mass is 468 g/mol. The first-order valence-electron chi connectivity index (χ1n) is 12.3. The SMILES string of the molecule is COCCCn1c(C2CCCN(C(=O)CCCc3ccccc3)C2)c(C)c2c(F)cc(F)cc21. The molecule has 34 heavy (non-hydrogen) atoms. The smallest absolute Gasteiger partial charge is 0.222 e. The average molecular weight is 469 g/mol. The minimum atomic E-state index is -0.569. The van der Waals surface area contributed by atoms with Crippen molar-refractivity contribution in [2.24, 2.45) is 0 Å². The number of hydrogen-bond acceptors (Lipinski definition) is 2. The van der Waals surface area contributed by atoms with Gasteiger partial charge in [0.05, 0.1) is 5.52 Å². The topological polar surface area (TPSA) is 34.5 Å². The van der Waals surface area contributed by atoms with Crippen LogP contribution in [-0.2, 0) is 22.5 Å². The summed E-state index contributed by atoms with van der Waals surface area (Å²) in [5.74, 6) is -0.813. The van der Waals surface area contributed by atoms with Crippen LogP contribution in [0.2, 0.25) is 0 Å². The molecule has 0 radical (unpaired) electrons. The number of amides is 1. The van der Waals surface area contributed by atoms with Gasteiger partial charge < -0.3 is 14.2 Å². The molecule has 4 nitrogen and oxygen atoms in total. The number of rotatable bonds is 9. The third kappa shape index (κ3) is 5.33. The van der Waals surface area contributed by atoms with Crippen LogP contribution >= 0.6 is 0 Å². The normalized spacial score (nSPS) is 16.4. The lowest BCUT2D eigenvalue weighted by Crippen LogP contribution is -2.39. The number of piperidine rings is 1. The van der Waals surface area contributed by atoms with Crippen LogP contribution in [-0.4, -0.2) is 42.2 Å². The Hall–Kier alpha value is -2.73. The summed E-state index contributed by atoms with van der Waals surface area (Å²) in [6.45, 7) is 4.50. The van der Waals surface area contributed by atoms with Gasteiger partial charge in [-0.3, -0.25) is 4.79 Å². The van der Waals surface area contributed by atoms with E-state index in [1.54, 1.807) is 7.11 Å². The lowest BCUT2D eigenvalue weighted by atomic mass is 9.91. The Balaban J connectivity index is 1.53. The molecule has 6 heteroatoms. The molecule has 182 valence electrons. The highest BCUT2D eigenvalue weighted by molar-refractivity contribution is 5.86. The average Bonchev–Trinajstić information content (AvgIpc) is 3.11. The molecular weight excluding hydrogens is 434 g/mol. The zero-order valence-electron chi connectivity index (χ0n) is 20.2. The van der Waals surface area contributed by atoms with Crippen LogP contribution in [0, 0.1) is 18.6 Å². The van der Waals surface area contributed by atoms with E-state index in [9.17, 15) is 13.6 Å². The van der Waals surface area contributed by atoms with Gasteiger partial charge in [-0.25, -0.2) is 8.78 Å².